The average molecular weight is 562 g/mol. The molecule has 0 aliphatic heterocycles. The van der Waals surface area contributed by atoms with Crippen LogP contribution in [0.5, 0.6) is 0 Å². The van der Waals surface area contributed by atoms with Crippen molar-refractivity contribution < 1.29 is 0 Å². The molecule has 0 atom stereocenters. The first-order chi connectivity index (χ1) is 16.5. The molecule has 0 spiro atoms. The Morgan fingerprint density at radius 3 is 1.15 bits per heavy atom. The second-order valence-electron chi connectivity index (χ2n) is 10.1. The van der Waals surface area contributed by atoms with Gasteiger partial charge in [0, 0.05) is 0 Å². The normalized spacial score (nSPS) is 11.6. The molecule has 0 aliphatic rings. The Morgan fingerprint density at radius 2 is 0.824 bits per heavy atom. The number of nitrogens with zero attached hydrogens (tertiary/aromatic N) is 1. The zero-order chi connectivity index (χ0) is 24.4. The maximum absolute atomic E-state index is 2.53. The van der Waals surface area contributed by atoms with Crippen molar-refractivity contribution in [1.29, 1.82) is 0 Å². The van der Waals surface area contributed by atoms with Crippen molar-refractivity contribution >= 4 is 39.0 Å². The topological polar surface area (TPSA) is 3.24 Å². The van der Waals surface area contributed by atoms with Crippen LogP contribution in [0.1, 0.15) is 70.4 Å². The van der Waals surface area contributed by atoms with Gasteiger partial charge in [0.15, 0.2) is 0 Å². The fourth-order valence-corrected chi connectivity index (χ4v) is 21.1. The van der Waals surface area contributed by atoms with E-state index in [1.807, 2.05) is 0 Å². The van der Waals surface area contributed by atoms with Gasteiger partial charge in [0.25, 0.3) is 0 Å². The summed E-state index contributed by atoms with van der Waals surface area (Å²) in [7, 11) is 0. The van der Waals surface area contributed by atoms with E-state index in [4.69, 9.17) is 0 Å². The van der Waals surface area contributed by atoms with E-state index in [1.54, 1.807) is 3.58 Å². The Hall–Kier alpha value is -1.74. The third-order valence-electron chi connectivity index (χ3n) is 7.35. The molecule has 0 unspecified atom stereocenters. The van der Waals surface area contributed by atoms with E-state index in [0.717, 1.165) is 0 Å². The molecule has 0 fully saturated rings. The van der Waals surface area contributed by atoms with Crippen LogP contribution in [-0.4, -0.2) is 18.4 Å². The van der Waals surface area contributed by atoms with Crippen molar-refractivity contribution in [2.24, 2.45) is 0 Å². The number of anilines is 3. The molecular formula is C32H45NSn. The van der Waals surface area contributed by atoms with Crippen molar-refractivity contribution in [2.45, 2.75) is 86.5 Å². The molecule has 0 aromatic heterocycles. The van der Waals surface area contributed by atoms with Crippen LogP contribution in [0.15, 0.2) is 72.8 Å². The SMILES string of the molecule is CCC[CH2][Sn]([CH2]CCC)([CH2]CCC)[c]1ccc(N(c2ccc(C)cc2)c2ccc(C)cc2)cc1. The van der Waals surface area contributed by atoms with Crippen LogP contribution in [0.3, 0.4) is 0 Å². The quantitative estimate of drug-likeness (QED) is 0.188. The third kappa shape index (κ3) is 6.90. The number of hydrogen-bond donors (Lipinski definition) is 0. The van der Waals surface area contributed by atoms with Gasteiger partial charge < -0.3 is 0 Å². The molecule has 34 heavy (non-hydrogen) atoms. The molecule has 3 rings (SSSR count). The Morgan fingerprint density at radius 1 is 0.500 bits per heavy atom. The first-order valence-electron chi connectivity index (χ1n) is 13.6. The Labute approximate surface area is 213 Å². The van der Waals surface area contributed by atoms with Gasteiger partial charge in [0.2, 0.25) is 0 Å². The summed E-state index contributed by atoms with van der Waals surface area (Å²) in [6.07, 6.45) is 8.19. The van der Waals surface area contributed by atoms with E-state index < -0.39 is 18.4 Å². The fraction of sp³-hybridized carbons (Fsp3) is 0.438. The summed E-state index contributed by atoms with van der Waals surface area (Å²) < 4.78 is 6.31. The monoisotopic (exact) mass is 563 g/mol. The first-order valence-corrected chi connectivity index (χ1v) is 21.0. The molecule has 0 saturated carbocycles. The van der Waals surface area contributed by atoms with Crippen molar-refractivity contribution in [1.82, 2.24) is 0 Å². The van der Waals surface area contributed by atoms with Crippen LogP contribution >= 0.6 is 0 Å². The number of aryl methyl sites for hydroxylation is 2. The molecular weight excluding hydrogens is 517 g/mol. The van der Waals surface area contributed by atoms with Crippen molar-refractivity contribution in [2.75, 3.05) is 4.90 Å². The van der Waals surface area contributed by atoms with Crippen molar-refractivity contribution in [3.63, 3.8) is 0 Å². The van der Waals surface area contributed by atoms with E-state index in [0.29, 0.717) is 0 Å². The Balaban J connectivity index is 2.02. The van der Waals surface area contributed by atoms with E-state index in [2.05, 4.69) is 112 Å². The summed E-state index contributed by atoms with van der Waals surface area (Å²) in [6.45, 7) is 11.4. The first kappa shape index (κ1) is 26.9. The molecule has 0 radical (unpaired) electrons. The van der Waals surface area contributed by atoms with E-state index in [1.165, 1.54) is 80.0 Å². The van der Waals surface area contributed by atoms with Gasteiger partial charge in [0.1, 0.15) is 0 Å². The molecule has 0 N–H and O–H groups in total. The van der Waals surface area contributed by atoms with Crippen LogP contribution in [0.25, 0.3) is 0 Å². The summed E-state index contributed by atoms with van der Waals surface area (Å²) in [5.41, 5.74) is 6.30. The molecule has 3 aromatic rings. The molecule has 0 amide bonds. The van der Waals surface area contributed by atoms with Crippen molar-refractivity contribution in [3.8, 4) is 0 Å². The number of unbranched alkanes of at least 4 members (excludes halogenated alkanes) is 3. The fourth-order valence-electron chi connectivity index (χ4n) is 5.15. The second kappa shape index (κ2) is 13.4. The van der Waals surface area contributed by atoms with Crippen molar-refractivity contribution in [3.05, 3.63) is 83.9 Å². The number of hydrogen-bond acceptors (Lipinski definition) is 1. The Kier molecular flexibility index (Phi) is 10.6. The average Bonchev–Trinajstić information content (AvgIpc) is 2.87. The summed E-state index contributed by atoms with van der Waals surface area (Å²) in [6, 6.07) is 27.7. The molecule has 3 aromatic carbocycles. The molecule has 0 saturated heterocycles. The molecule has 182 valence electrons. The second-order valence-corrected chi connectivity index (χ2v) is 23.4. The molecule has 0 aliphatic carbocycles. The minimum atomic E-state index is -2.41. The molecule has 0 bridgehead atoms. The van der Waals surface area contributed by atoms with Gasteiger partial charge in [-0.25, -0.2) is 0 Å². The van der Waals surface area contributed by atoms with Gasteiger partial charge in [-0.1, -0.05) is 0 Å². The van der Waals surface area contributed by atoms with Gasteiger partial charge >= 0.3 is 214 Å². The summed E-state index contributed by atoms with van der Waals surface area (Å²) >= 11 is -2.41. The predicted molar refractivity (Wildman–Crippen MR) is 155 cm³/mol. The number of benzene rings is 3. The van der Waals surface area contributed by atoms with Crippen LogP contribution in [0.2, 0.25) is 13.3 Å². The van der Waals surface area contributed by atoms with Gasteiger partial charge in [0.05, 0.1) is 0 Å². The van der Waals surface area contributed by atoms with Gasteiger partial charge in [-0.15, -0.1) is 0 Å². The van der Waals surface area contributed by atoms with Crippen LogP contribution < -0.4 is 8.48 Å². The van der Waals surface area contributed by atoms with Crippen LogP contribution in [0, 0.1) is 13.8 Å². The van der Waals surface area contributed by atoms with E-state index in [9.17, 15) is 0 Å². The maximum atomic E-state index is 2.53. The predicted octanol–water partition coefficient (Wildman–Crippen LogP) is 9.83. The summed E-state index contributed by atoms with van der Waals surface area (Å²) in [4.78, 5) is 2.41. The molecule has 1 nitrogen and oxygen atoms in total. The zero-order valence-corrected chi connectivity index (χ0v) is 25.1. The van der Waals surface area contributed by atoms with Crippen LogP contribution in [-0.2, 0) is 0 Å². The zero-order valence-electron chi connectivity index (χ0n) is 22.2. The molecule has 0 heterocycles. The summed E-state index contributed by atoms with van der Waals surface area (Å²) in [5.74, 6) is 0. The van der Waals surface area contributed by atoms with Gasteiger partial charge in [-0.3, -0.25) is 0 Å². The van der Waals surface area contributed by atoms with Crippen LogP contribution in [0.4, 0.5) is 17.1 Å². The van der Waals surface area contributed by atoms with E-state index in [-0.39, 0.29) is 0 Å². The summed E-state index contributed by atoms with van der Waals surface area (Å²) in [5, 5.41) is 0. The Bertz CT molecular complexity index is 906. The minimum absolute atomic E-state index is 1.22. The third-order valence-corrected chi connectivity index (χ3v) is 23.0. The van der Waals surface area contributed by atoms with E-state index >= 15 is 0 Å². The number of rotatable bonds is 13. The van der Waals surface area contributed by atoms with Gasteiger partial charge in [-0.2, -0.15) is 0 Å². The standard InChI is InChI=1S/C20H18N.3C4H9.Sn/c1-16-8-12-19(13-9-16)21(18-6-4-3-5-7-18)20-14-10-17(2)11-15-20;3*1-3-4-2;/h4-15H,1-2H3;3*1,3-4H2,2H3;. The molecule has 2 heteroatoms. The van der Waals surface area contributed by atoms with Gasteiger partial charge in [-0.05, 0) is 0 Å².